The summed E-state index contributed by atoms with van der Waals surface area (Å²) in [6.07, 6.45) is 3.17. The van der Waals surface area contributed by atoms with Crippen LogP contribution in [0.3, 0.4) is 0 Å². The first-order valence-corrected chi connectivity index (χ1v) is 9.44. The first-order chi connectivity index (χ1) is 12.0. The molecular weight excluding hydrogens is 316 g/mol. The highest BCUT2D eigenvalue weighted by Gasteiger charge is 2.25. The highest BCUT2D eigenvalue weighted by molar-refractivity contribution is 5.94. The number of aliphatic hydroxyl groups excluding tert-OH is 1. The van der Waals surface area contributed by atoms with Crippen molar-refractivity contribution in [3.05, 3.63) is 35.4 Å². The molecule has 5 heteroatoms. The topological polar surface area (TPSA) is 61.8 Å². The van der Waals surface area contributed by atoms with Crippen molar-refractivity contribution in [2.45, 2.75) is 58.0 Å². The van der Waals surface area contributed by atoms with Crippen LogP contribution >= 0.6 is 0 Å². The van der Waals surface area contributed by atoms with Crippen LogP contribution in [0.2, 0.25) is 0 Å². The van der Waals surface area contributed by atoms with Crippen LogP contribution < -0.4 is 5.32 Å². The molecule has 0 bridgehead atoms. The molecule has 5 nitrogen and oxygen atoms in total. The molecule has 1 aliphatic carbocycles. The molecule has 138 valence electrons. The van der Waals surface area contributed by atoms with Gasteiger partial charge in [0.05, 0.1) is 18.3 Å². The zero-order valence-corrected chi connectivity index (χ0v) is 15.3. The van der Waals surface area contributed by atoms with Gasteiger partial charge >= 0.3 is 0 Å². The summed E-state index contributed by atoms with van der Waals surface area (Å²) in [4.78, 5) is 14.7. The number of hydrogen-bond donors (Lipinski definition) is 2. The average Bonchev–Trinajstić information content (AvgIpc) is 2.97. The predicted molar refractivity (Wildman–Crippen MR) is 97.4 cm³/mol. The Hall–Kier alpha value is -1.43. The third kappa shape index (κ3) is 5.03. The molecule has 4 unspecified atom stereocenters. The molecule has 2 fully saturated rings. The molecule has 1 aromatic carbocycles. The number of benzene rings is 1. The Morgan fingerprint density at radius 3 is 2.48 bits per heavy atom. The molecule has 0 spiro atoms. The lowest BCUT2D eigenvalue weighted by molar-refractivity contribution is -0.0704. The average molecular weight is 346 g/mol. The van der Waals surface area contributed by atoms with Crippen LogP contribution in [0, 0.1) is 5.92 Å². The van der Waals surface area contributed by atoms with Crippen molar-refractivity contribution in [3.8, 4) is 0 Å². The number of amides is 1. The van der Waals surface area contributed by atoms with Crippen molar-refractivity contribution in [1.82, 2.24) is 10.2 Å². The monoisotopic (exact) mass is 346 g/mol. The number of nitrogens with zero attached hydrogens (tertiary/aromatic N) is 1. The van der Waals surface area contributed by atoms with Gasteiger partial charge in [0, 0.05) is 37.7 Å². The van der Waals surface area contributed by atoms with E-state index in [2.05, 4.69) is 24.1 Å². The van der Waals surface area contributed by atoms with Crippen molar-refractivity contribution in [2.24, 2.45) is 5.92 Å². The summed E-state index contributed by atoms with van der Waals surface area (Å²) < 4.78 is 5.77. The second kappa shape index (κ2) is 8.30. The Morgan fingerprint density at radius 2 is 1.88 bits per heavy atom. The summed E-state index contributed by atoms with van der Waals surface area (Å²) >= 11 is 0. The van der Waals surface area contributed by atoms with Crippen molar-refractivity contribution in [3.63, 3.8) is 0 Å². The van der Waals surface area contributed by atoms with Crippen LogP contribution in [0.1, 0.15) is 49.0 Å². The van der Waals surface area contributed by atoms with Gasteiger partial charge in [0.2, 0.25) is 0 Å². The Bertz CT molecular complexity index is 565. The molecule has 1 saturated heterocycles. The zero-order chi connectivity index (χ0) is 17.8. The first-order valence-electron chi connectivity index (χ1n) is 9.44. The Morgan fingerprint density at radius 1 is 1.20 bits per heavy atom. The predicted octanol–water partition coefficient (Wildman–Crippen LogP) is 2.19. The molecular formula is C20H30N2O3. The van der Waals surface area contributed by atoms with E-state index in [4.69, 9.17) is 4.74 Å². The molecule has 1 heterocycles. The van der Waals surface area contributed by atoms with E-state index in [0.29, 0.717) is 12.1 Å². The number of rotatable bonds is 5. The summed E-state index contributed by atoms with van der Waals surface area (Å²) in [5.74, 6) is 0.146. The van der Waals surface area contributed by atoms with E-state index in [9.17, 15) is 9.90 Å². The third-order valence-electron chi connectivity index (χ3n) is 5.26. The van der Waals surface area contributed by atoms with Gasteiger partial charge < -0.3 is 15.2 Å². The van der Waals surface area contributed by atoms with Crippen LogP contribution in [0.25, 0.3) is 0 Å². The second-order valence-electron chi connectivity index (χ2n) is 7.62. The highest BCUT2D eigenvalue weighted by Crippen LogP contribution is 2.24. The fourth-order valence-electron chi connectivity index (χ4n) is 4.01. The third-order valence-corrected chi connectivity index (χ3v) is 5.26. The van der Waals surface area contributed by atoms with Crippen LogP contribution in [-0.4, -0.2) is 53.9 Å². The number of ether oxygens (including phenoxy) is 1. The van der Waals surface area contributed by atoms with Gasteiger partial charge in [-0.1, -0.05) is 18.6 Å². The van der Waals surface area contributed by atoms with Gasteiger partial charge in [-0.15, -0.1) is 0 Å². The van der Waals surface area contributed by atoms with Crippen LogP contribution in [0.5, 0.6) is 0 Å². The molecule has 1 aromatic rings. The zero-order valence-electron chi connectivity index (χ0n) is 15.3. The molecule has 1 aliphatic heterocycles. The van der Waals surface area contributed by atoms with Gasteiger partial charge in [0.1, 0.15) is 0 Å². The fraction of sp³-hybridized carbons (Fsp3) is 0.650. The first kappa shape index (κ1) is 18.4. The van der Waals surface area contributed by atoms with E-state index >= 15 is 0 Å². The number of aliphatic hydroxyl groups is 1. The van der Waals surface area contributed by atoms with Crippen molar-refractivity contribution >= 4 is 5.91 Å². The van der Waals surface area contributed by atoms with Crippen molar-refractivity contribution < 1.29 is 14.6 Å². The molecule has 1 amide bonds. The Labute approximate surface area is 150 Å². The summed E-state index contributed by atoms with van der Waals surface area (Å²) in [6.45, 7) is 7.54. The van der Waals surface area contributed by atoms with E-state index in [0.717, 1.165) is 38.9 Å². The normalized spacial score (nSPS) is 30.4. The quantitative estimate of drug-likeness (QED) is 0.858. The Balaban J connectivity index is 1.50. The maximum atomic E-state index is 12.3. The molecule has 25 heavy (non-hydrogen) atoms. The largest absolute Gasteiger partial charge is 0.393 e. The van der Waals surface area contributed by atoms with E-state index < -0.39 is 0 Å². The smallest absolute Gasteiger partial charge is 0.251 e. The molecule has 0 aromatic heterocycles. The van der Waals surface area contributed by atoms with E-state index in [1.54, 1.807) is 0 Å². The number of hydrogen-bond acceptors (Lipinski definition) is 4. The van der Waals surface area contributed by atoms with Crippen molar-refractivity contribution in [2.75, 3.05) is 19.6 Å². The van der Waals surface area contributed by atoms with Gasteiger partial charge in [-0.05, 0) is 44.4 Å². The molecule has 0 radical (unpaired) electrons. The van der Waals surface area contributed by atoms with Crippen LogP contribution in [0.15, 0.2) is 24.3 Å². The minimum Gasteiger partial charge on any atom is -0.393 e. The van der Waals surface area contributed by atoms with E-state index in [1.807, 2.05) is 24.3 Å². The Kier molecular flexibility index (Phi) is 6.10. The molecule has 2 aliphatic rings. The second-order valence-corrected chi connectivity index (χ2v) is 7.62. The van der Waals surface area contributed by atoms with Gasteiger partial charge in [-0.25, -0.2) is 0 Å². The molecule has 4 atom stereocenters. The molecule has 3 rings (SSSR count). The maximum Gasteiger partial charge on any atom is 0.251 e. The summed E-state index contributed by atoms with van der Waals surface area (Å²) in [5.41, 5.74) is 1.89. The summed E-state index contributed by atoms with van der Waals surface area (Å²) in [7, 11) is 0. The number of nitrogens with one attached hydrogen (secondary N) is 1. The lowest BCUT2D eigenvalue weighted by atomic mass is 10.1. The van der Waals surface area contributed by atoms with Crippen LogP contribution in [0.4, 0.5) is 0 Å². The summed E-state index contributed by atoms with van der Waals surface area (Å²) in [5, 5.41) is 12.8. The molecule has 1 saturated carbocycles. The lowest BCUT2D eigenvalue weighted by Gasteiger charge is -2.35. The lowest BCUT2D eigenvalue weighted by Crippen LogP contribution is -2.44. The fourth-order valence-corrected chi connectivity index (χ4v) is 4.01. The van der Waals surface area contributed by atoms with Gasteiger partial charge in [0.25, 0.3) is 5.91 Å². The minimum absolute atomic E-state index is 0.0562. The SMILES string of the molecule is CC1CN(Cc2ccc(C(=O)NCC3CCCC3O)cc2)CC(C)O1. The standard InChI is InChI=1S/C20H30N2O3/c1-14-11-22(12-15(2)25-14)13-16-6-8-17(9-7-16)20(24)21-10-18-4-3-5-19(18)23/h6-9,14-15,18-19,23H,3-5,10-13H2,1-2H3,(H,21,24). The summed E-state index contributed by atoms with van der Waals surface area (Å²) in [6, 6.07) is 7.85. The van der Waals surface area contributed by atoms with Crippen molar-refractivity contribution in [1.29, 1.82) is 0 Å². The number of morpholine rings is 1. The van der Waals surface area contributed by atoms with Gasteiger partial charge in [-0.3, -0.25) is 9.69 Å². The van der Waals surface area contributed by atoms with Gasteiger partial charge in [0.15, 0.2) is 0 Å². The van der Waals surface area contributed by atoms with Gasteiger partial charge in [-0.2, -0.15) is 0 Å². The molecule has 2 N–H and O–H groups in total. The van der Waals surface area contributed by atoms with E-state index in [-0.39, 0.29) is 30.1 Å². The van der Waals surface area contributed by atoms with Crippen LogP contribution in [-0.2, 0) is 11.3 Å². The maximum absolute atomic E-state index is 12.3. The van der Waals surface area contributed by atoms with E-state index in [1.165, 1.54) is 5.56 Å². The highest BCUT2D eigenvalue weighted by atomic mass is 16.5. The minimum atomic E-state index is -0.263. The number of carbonyl (C=O) groups excluding carboxylic acids is 1. The number of carbonyl (C=O) groups is 1.